The number of hydrogen-bond donors (Lipinski definition) is 1. The van der Waals surface area contributed by atoms with Crippen LogP contribution in [-0.2, 0) is 19.1 Å². The number of ether oxygens (including phenoxy) is 2. The molecule has 2 rings (SSSR count). The van der Waals surface area contributed by atoms with Crippen LogP contribution < -0.4 is 5.32 Å². The first-order chi connectivity index (χ1) is 8.58. The summed E-state index contributed by atoms with van der Waals surface area (Å²) in [7, 11) is 2.67. The number of nitrogens with one attached hydrogen (secondary N) is 1. The van der Waals surface area contributed by atoms with Crippen LogP contribution in [0.1, 0.15) is 13.3 Å². The van der Waals surface area contributed by atoms with Gasteiger partial charge in [-0.1, -0.05) is 6.92 Å². The van der Waals surface area contributed by atoms with E-state index in [0.717, 1.165) is 16.4 Å². The van der Waals surface area contributed by atoms with E-state index in [9.17, 15) is 9.59 Å². The molecule has 3 atom stereocenters. The van der Waals surface area contributed by atoms with Crippen molar-refractivity contribution in [3.63, 3.8) is 0 Å². The first kappa shape index (κ1) is 13.3. The number of carbonyl (C=O) groups excluding carboxylic acids is 2. The number of esters is 2. The molecule has 0 saturated carbocycles. The highest BCUT2D eigenvalue weighted by atomic mass is 32.2. The van der Waals surface area contributed by atoms with E-state index in [2.05, 4.69) is 12.2 Å². The molecule has 0 aromatic carbocycles. The zero-order chi connectivity index (χ0) is 13.3. The maximum Gasteiger partial charge on any atom is 0.329 e. The molecule has 2 heterocycles. The third-order valence-corrected chi connectivity index (χ3v) is 4.78. The van der Waals surface area contributed by atoms with Crippen molar-refractivity contribution in [2.45, 2.75) is 19.4 Å². The summed E-state index contributed by atoms with van der Waals surface area (Å²) in [6.45, 7) is 2.11. The van der Waals surface area contributed by atoms with Crippen molar-refractivity contribution in [2.24, 2.45) is 11.8 Å². The third kappa shape index (κ3) is 2.21. The molecule has 100 valence electrons. The quantitative estimate of drug-likeness (QED) is 0.753. The molecule has 0 amide bonds. The summed E-state index contributed by atoms with van der Waals surface area (Å²) in [4.78, 5) is 24.7. The molecule has 3 unspecified atom stereocenters. The second kappa shape index (κ2) is 5.22. The van der Waals surface area contributed by atoms with Crippen LogP contribution in [-0.4, -0.2) is 38.0 Å². The molecule has 2 aliphatic rings. The lowest BCUT2D eigenvalue weighted by Crippen LogP contribution is -2.49. The number of rotatable bonds is 2. The highest BCUT2D eigenvalue weighted by Gasteiger charge is 2.43. The molecule has 0 spiro atoms. The van der Waals surface area contributed by atoms with Gasteiger partial charge in [0.2, 0.25) is 0 Å². The van der Waals surface area contributed by atoms with Gasteiger partial charge in [0, 0.05) is 22.3 Å². The van der Waals surface area contributed by atoms with Gasteiger partial charge in [0.1, 0.15) is 6.04 Å². The number of allylic oxidation sites excluding steroid dienone is 2. The lowest BCUT2D eigenvalue weighted by atomic mass is 9.89. The summed E-state index contributed by atoms with van der Waals surface area (Å²) < 4.78 is 9.53. The van der Waals surface area contributed by atoms with E-state index >= 15 is 0 Å². The van der Waals surface area contributed by atoms with Crippen molar-refractivity contribution in [3.8, 4) is 0 Å². The van der Waals surface area contributed by atoms with Crippen LogP contribution in [0.2, 0.25) is 0 Å². The number of carbonyl (C=O) groups is 2. The molecule has 0 aromatic heterocycles. The molecule has 0 fully saturated rings. The van der Waals surface area contributed by atoms with Crippen LogP contribution in [0.5, 0.6) is 0 Å². The Labute approximate surface area is 110 Å². The fourth-order valence-electron chi connectivity index (χ4n) is 2.36. The molecule has 0 bridgehead atoms. The fraction of sp³-hybridized carbons (Fsp3) is 0.667. The maximum absolute atomic E-state index is 11.8. The van der Waals surface area contributed by atoms with Gasteiger partial charge in [0.15, 0.2) is 0 Å². The van der Waals surface area contributed by atoms with Gasteiger partial charge in [-0.15, -0.1) is 11.8 Å². The average Bonchev–Trinajstić information content (AvgIpc) is 2.76. The molecule has 5 nitrogen and oxygen atoms in total. The largest absolute Gasteiger partial charge is 0.469 e. The van der Waals surface area contributed by atoms with Crippen molar-refractivity contribution in [1.82, 2.24) is 5.32 Å². The average molecular weight is 271 g/mol. The molecular weight excluding hydrogens is 254 g/mol. The summed E-state index contributed by atoms with van der Waals surface area (Å²) in [5.41, 5.74) is 1.08. The van der Waals surface area contributed by atoms with E-state index in [1.165, 1.54) is 14.2 Å². The molecule has 18 heavy (non-hydrogen) atoms. The van der Waals surface area contributed by atoms with Crippen LogP contribution in [0.4, 0.5) is 0 Å². The van der Waals surface area contributed by atoms with E-state index in [-0.39, 0.29) is 5.97 Å². The molecular formula is C12H17NO4S. The lowest BCUT2D eigenvalue weighted by molar-refractivity contribution is -0.154. The summed E-state index contributed by atoms with van der Waals surface area (Å²) in [6.07, 6.45) is 0.559. The van der Waals surface area contributed by atoms with Crippen LogP contribution in [0.15, 0.2) is 10.6 Å². The summed E-state index contributed by atoms with van der Waals surface area (Å²) in [6, 6.07) is -0.637. The van der Waals surface area contributed by atoms with Gasteiger partial charge in [-0.05, 0) is 6.42 Å². The topological polar surface area (TPSA) is 64.6 Å². The van der Waals surface area contributed by atoms with Gasteiger partial charge in [-0.25, -0.2) is 4.79 Å². The van der Waals surface area contributed by atoms with E-state index < -0.39 is 17.9 Å². The smallest absolute Gasteiger partial charge is 0.329 e. The van der Waals surface area contributed by atoms with Crippen molar-refractivity contribution in [2.75, 3.05) is 20.0 Å². The van der Waals surface area contributed by atoms with Crippen LogP contribution >= 0.6 is 11.8 Å². The molecule has 0 aliphatic carbocycles. The third-order valence-electron chi connectivity index (χ3n) is 3.38. The van der Waals surface area contributed by atoms with Gasteiger partial charge in [-0.2, -0.15) is 0 Å². The highest BCUT2D eigenvalue weighted by Crippen LogP contribution is 2.42. The zero-order valence-corrected chi connectivity index (χ0v) is 11.5. The Morgan fingerprint density at radius 3 is 2.56 bits per heavy atom. The van der Waals surface area contributed by atoms with Crippen LogP contribution in [0, 0.1) is 11.8 Å². The van der Waals surface area contributed by atoms with Crippen LogP contribution in [0.3, 0.4) is 0 Å². The molecule has 1 N–H and O–H groups in total. The Hall–Kier alpha value is -1.17. The molecule has 0 saturated heterocycles. The van der Waals surface area contributed by atoms with Crippen molar-refractivity contribution in [3.05, 3.63) is 10.6 Å². The molecule has 0 radical (unpaired) electrons. The Morgan fingerprint density at radius 1 is 1.28 bits per heavy atom. The van der Waals surface area contributed by atoms with Crippen LogP contribution in [0.25, 0.3) is 0 Å². The minimum absolute atomic E-state index is 0.371. The first-order valence-electron chi connectivity index (χ1n) is 5.86. The Bertz CT molecular complexity index is 407. The standard InChI is InChI=1S/C12H17NO4S/c1-6-5-18-8-4-7(11(14)16-2)10(12(15)17-3)13-9(6)8/h6-7,10,13H,4-5H2,1-3H3. The Balaban J connectivity index is 2.26. The minimum atomic E-state index is -0.637. The molecule has 6 heteroatoms. The fourth-order valence-corrected chi connectivity index (χ4v) is 3.69. The summed E-state index contributed by atoms with van der Waals surface area (Å²) in [5.74, 6) is 0.0832. The van der Waals surface area contributed by atoms with Crippen molar-refractivity contribution < 1.29 is 19.1 Å². The number of thioether (sulfide) groups is 1. The summed E-state index contributed by atoms with van der Waals surface area (Å²) in [5, 5.41) is 3.16. The van der Waals surface area contributed by atoms with E-state index in [1.54, 1.807) is 11.8 Å². The number of methoxy groups -OCH3 is 2. The second-order valence-electron chi connectivity index (χ2n) is 4.53. The molecule has 2 aliphatic heterocycles. The van der Waals surface area contributed by atoms with Gasteiger partial charge in [-0.3, -0.25) is 4.79 Å². The minimum Gasteiger partial charge on any atom is -0.469 e. The van der Waals surface area contributed by atoms with E-state index in [4.69, 9.17) is 9.47 Å². The monoisotopic (exact) mass is 271 g/mol. The second-order valence-corrected chi connectivity index (χ2v) is 5.64. The normalized spacial score (nSPS) is 30.5. The predicted molar refractivity (Wildman–Crippen MR) is 67.7 cm³/mol. The van der Waals surface area contributed by atoms with E-state index in [0.29, 0.717) is 12.3 Å². The van der Waals surface area contributed by atoms with Crippen molar-refractivity contribution >= 4 is 23.7 Å². The predicted octanol–water partition coefficient (Wildman–Crippen LogP) is 0.905. The van der Waals surface area contributed by atoms with Gasteiger partial charge in [0.05, 0.1) is 20.1 Å². The Morgan fingerprint density at radius 2 is 1.94 bits per heavy atom. The summed E-state index contributed by atoms with van der Waals surface area (Å²) >= 11 is 1.74. The van der Waals surface area contributed by atoms with E-state index in [1.807, 2.05) is 0 Å². The van der Waals surface area contributed by atoms with Gasteiger partial charge >= 0.3 is 11.9 Å². The Kier molecular flexibility index (Phi) is 3.85. The number of hydrogen-bond acceptors (Lipinski definition) is 6. The lowest BCUT2D eigenvalue weighted by Gasteiger charge is -2.31. The SMILES string of the molecule is COC(=O)C1CC2=C(NC1C(=O)OC)C(C)CS2. The highest BCUT2D eigenvalue weighted by molar-refractivity contribution is 8.03. The van der Waals surface area contributed by atoms with Gasteiger partial charge in [0.25, 0.3) is 0 Å². The maximum atomic E-state index is 11.8. The van der Waals surface area contributed by atoms with Gasteiger partial charge < -0.3 is 14.8 Å². The zero-order valence-electron chi connectivity index (χ0n) is 10.7. The molecule has 0 aromatic rings. The van der Waals surface area contributed by atoms with Crippen molar-refractivity contribution in [1.29, 1.82) is 0 Å². The first-order valence-corrected chi connectivity index (χ1v) is 6.85.